The lowest BCUT2D eigenvalue weighted by Crippen LogP contribution is -2.22. The van der Waals surface area contributed by atoms with Crippen molar-refractivity contribution in [2.45, 2.75) is 45.6 Å². The third-order valence-electron chi connectivity index (χ3n) is 6.18. The van der Waals surface area contributed by atoms with Gasteiger partial charge in [0.15, 0.2) is 0 Å². The van der Waals surface area contributed by atoms with Gasteiger partial charge in [0.1, 0.15) is 0 Å². The average molecular weight is 523 g/mol. The molecule has 3 aromatic carbocycles. The SMILES string of the molecule is C=C(Nc1nc(NC(=O)c2ccc(CNC(=O)CCCCCC)cc2)n(-c2ccccc2)n1)c1ccccc1. The Morgan fingerprint density at radius 1 is 0.821 bits per heavy atom. The fourth-order valence-electron chi connectivity index (χ4n) is 3.99. The molecule has 8 heteroatoms. The normalized spacial score (nSPS) is 10.6. The summed E-state index contributed by atoms with van der Waals surface area (Å²) in [5, 5.41) is 13.5. The standard InChI is InChI=1S/C31H34N6O2/c1-3-4-5-12-17-28(38)32-22-24-18-20-26(21-19-24)29(39)34-31-35-30(33-23(2)25-13-8-6-9-14-25)36-37(31)27-15-10-7-11-16-27/h6-11,13-16,18-21H,2-5,12,17,22H2,1H3,(H,32,38)(H2,33,34,35,36,39). The Morgan fingerprint density at radius 3 is 2.21 bits per heavy atom. The number of hydrogen-bond donors (Lipinski definition) is 3. The van der Waals surface area contributed by atoms with Crippen molar-refractivity contribution in [1.82, 2.24) is 20.1 Å². The molecule has 0 atom stereocenters. The smallest absolute Gasteiger partial charge is 0.258 e. The molecule has 0 aliphatic rings. The monoisotopic (exact) mass is 522 g/mol. The maximum Gasteiger partial charge on any atom is 0.258 e. The molecule has 0 spiro atoms. The lowest BCUT2D eigenvalue weighted by Gasteiger charge is -2.08. The van der Waals surface area contributed by atoms with Crippen LogP contribution in [0.3, 0.4) is 0 Å². The molecule has 0 fully saturated rings. The van der Waals surface area contributed by atoms with Gasteiger partial charge in [0.05, 0.1) is 5.69 Å². The first-order valence-electron chi connectivity index (χ1n) is 13.2. The Hall–Kier alpha value is -4.72. The van der Waals surface area contributed by atoms with Gasteiger partial charge in [-0.05, 0) is 41.8 Å². The topological polar surface area (TPSA) is 101 Å². The maximum atomic E-state index is 13.1. The van der Waals surface area contributed by atoms with Gasteiger partial charge in [-0.15, -0.1) is 5.10 Å². The Balaban J connectivity index is 1.42. The summed E-state index contributed by atoms with van der Waals surface area (Å²) < 4.78 is 1.57. The van der Waals surface area contributed by atoms with Crippen LogP contribution in [0.1, 0.15) is 60.5 Å². The molecule has 39 heavy (non-hydrogen) atoms. The van der Waals surface area contributed by atoms with Crippen LogP contribution in [0.4, 0.5) is 11.9 Å². The highest BCUT2D eigenvalue weighted by Crippen LogP contribution is 2.20. The van der Waals surface area contributed by atoms with Crippen molar-refractivity contribution < 1.29 is 9.59 Å². The summed E-state index contributed by atoms with van der Waals surface area (Å²) in [5.41, 5.74) is 3.69. The number of hydrogen-bond acceptors (Lipinski definition) is 5. The van der Waals surface area contributed by atoms with Crippen LogP contribution < -0.4 is 16.0 Å². The first-order chi connectivity index (χ1) is 19.0. The summed E-state index contributed by atoms with van der Waals surface area (Å²) in [4.78, 5) is 29.7. The number of amides is 2. The number of para-hydroxylation sites is 1. The molecule has 1 aromatic heterocycles. The number of carbonyl (C=O) groups excluding carboxylic acids is 2. The quantitative estimate of drug-likeness (QED) is 0.182. The van der Waals surface area contributed by atoms with E-state index in [9.17, 15) is 9.59 Å². The van der Waals surface area contributed by atoms with E-state index in [-0.39, 0.29) is 17.8 Å². The van der Waals surface area contributed by atoms with Crippen LogP contribution in [0.2, 0.25) is 0 Å². The fourth-order valence-corrected chi connectivity index (χ4v) is 3.99. The molecule has 0 bridgehead atoms. The van der Waals surface area contributed by atoms with Crippen LogP contribution in [-0.2, 0) is 11.3 Å². The van der Waals surface area contributed by atoms with Crippen LogP contribution in [0.5, 0.6) is 0 Å². The van der Waals surface area contributed by atoms with Gasteiger partial charge in [0.2, 0.25) is 17.8 Å². The summed E-state index contributed by atoms with van der Waals surface area (Å²) >= 11 is 0. The van der Waals surface area contributed by atoms with Crippen molar-refractivity contribution in [3.05, 3.63) is 108 Å². The van der Waals surface area contributed by atoms with E-state index in [1.807, 2.05) is 72.8 Å². The van der Waals surface area contributed by atoms with E-state index in [2.05, 4.69) is 39.5 Å². The van der Waals surface area contributed by atoms with Crippen molar-refractivity contribution >= 4 is 29.4 Å². The number of benzene rings is 3. The largest absolute Gasteiger partial charge is 0.352 e. The average Bonchev–Trinajstić information content (AvgIpc) is 3.37. The second kappa shape index (κ2) is 13.7. The van der Waals surface area contributed by atoms with E-state index in [1.54, 1.807) is 16.8 Å². The minimum atomic E-state index is -0.320. The van der Waals surface area contributed by atoms with Crippen LogP contribution in [0, 0.1) is 0 Å². The second-order valence-electron chi connectivity index (χ2n) is 9.21. The van der Waals surface area contributed by atoms with Gasteiger partial charge in [-0.2, -0.15) is 9.67 Å². The van der Waals surface area contributed by atoms with E-state index in [0.717, 1.165) is 42.5 Å². The van der Waals surface area contributed by atoms with Gasteiger partial charge in [0.25, 0.3) is 5.91 Å². The number of nitrogens with zero attached hydrogens (tertiary/aromatic N) is 3. The van der Waals surface area contributed by atoms with Crippen molar-refractivity contribution in [3.63, 3.8) is 0 Å². The highest BCUT2D eigenvalue weighted by molar-refractivity contribution is 6.03. The third-order valence-corrected chi connectivity index (χ3v) is 6.18. The fraction of sp³-hybridized carbons (Fsp3) is 0.226. The number of anilines is 2. The number of aromatic nitrogens is 3. The lowest BCUT2D eigenvalue weighted by atomic mass is 10.1. The van der Waals surface area contributed by atoms with E-state index >= 15 is 0 Å². The van der Waals surface area contributed by atoms with Crippen molar-refractivity contribution in [2.75, 3.05) is 10.6 Å². The molecule has 0 aliphatic carbocycles. The minimum Gasteiger partial charge on any atom is -0.352 e. The molecule has 4 aromatic rings. The Morgan fingerprint density at radius 2 is 1.51 bits per heavy atom. The van der Waals surface area contributed by atoms with Gasteiger partial charge in [0, 0.05) is 24.2 Å². The number of rotatable bonds is 13. The minimum absolute atomic E-state index is 0.0486. The number of unbranched alkanes of at least 4 members (excludes halogenated alkanes) is 3. The van der Waals surface area contributed by atoms with E-state index in [0.29, 0.717) is 30.2 Å². The third kappa shape index (κ3) is 7.88. The maximum absolute atomic E-state index is 13.1. The summed E-state index contributed by atoms with van der Waals surface area (Å²) in [6.07, 6.45) is 4.82. The predicted molar refractivity (Wildman–Crippen MR) is 155 cm³/mol. The Labute approximate surface area is 229 Å². The van der Waals surface area contributed by atoms with Crippen LogP contribution in [0.25, 0.3) is 11.4 Å². The number of carbonyl (C=O) groups is 2. The highest BCUT2D eigenvalue weighted by Gasteiger charge is 2.16. The van der Waals surface area contributed by atoms with Gasteiger partial charge in [-0.1, -0.05) is 93.4 Å². The molecule has 0 radical (unpaired) electrons. The van der Waals surface area contributed by atoms with Gasteiger partial charge in [-0.25, -0.2) is 0 Å². The molecule has 0 saturated heterocycles. The molecular weight excluding hydrogens is 488 g/mol. The molecule has 0 saturated carbocycles. The van der Waals surface area contributed by atoms with Crippen LogP contribution >= 0.6 is 0 Å². The van der Waals surface area contributed by atoms with E-state index < -0.39 is 0 Å². The first kappa shape index (κ1) is 27.3. The van der Waals surface area contributed by atoms with Gasteiger partial charge in [-0.3, -0.25) is 14.9 Å². The predicted octanol–water partition coefficient (Wildman–Crippen LogP) is 6.19. The Kier molecular flexibility index (Phi) is 9.61. The molecule has 1 heterocycles. The highest BCUT2D eigenvalue weighted by atomic mass is 16.2. The Bertz CT molecular complexity index is 1380. The van der Waals surface area contributed by atoms with Gasteiger partial charge < -0.3 is 10.6 Å². The molecule has 0 aliphatic heterocycles. The molecule has 8 nitrogen and oxygen atoms in total. The zero-order valence-electron chi connectivity index (χ0n) is 22.2. The van der Waals surface area contributed by atoms with Crippen molar-refractivity contribution in [3.8, 4) is 5.69 Å². The summed E-state index contributed by atoms with van der Waals surface area (Å²) in [6, 6.07) is 26.3. The summed E-state index contributed by atoms with van der Waals surface area (Å²) in [7, 11) is 0. The molecule has 0 unspecified atom stereocenters. The molecule has 3 N–H and O–H groups in total. The molecular formula is C31H34N6O2. The zero-order chi connectivity index (χ0) is 27.5. The van der Waals surface area contributed by atoms with Crippen LogP contribution in [-0.4, -0.2) is 26.6 Å². The van der Waals surface area contributed by atoms with Crippen molar-refractivity contribution in [1.29, 1.82) is 0 Å². The lowest BCUT2D eigenvalue weighted by molar-refractivity contribution is -0.121. The van der Waals surface area contributed by atoms with Gasteiger partial charge >= 0.3 is 0 Å². The van der Waals surface area contributed by atoms with Crippen molar-refractivity contribution in [2.24, 2.45) is 0 Å². The molecule has 200 valence electrons. The second-order valence-corrected chi connectivity index (χ2v) is 9.21. The first-order valence-corrected chi connectivity index (χ1v) is 13.2. The number of nitrogens with one attached hydrogen (secondary N) is 3. The summed E-state index contributed by atoms with van der Waals surface area (Å²) in [6.45, 7) is 6.66. The molecule has 4 rings (SSSR count). The van der Waals surface area contributed by atoms with Crippen LogP contribution in [0.15, 0.2) is 91.5 Å². The van der Waals surface area contributed by atoms with E-state index in [1.165, 1.54) is 0 Å². The zero-order valence-corrected chi connectivity index (χ0v) is 22.2. The molecule has 2 amide bonds. The van der Waals surface area contributed by atoms with E-state index in [4.69, 9.17) is 0 Å². The summed E-state index contributed by atoms with van der Waals surface area (Å²) in [5.74, 6) is 0.310.